The van der Waals surface area contributed by atoms with E-state index in [1.54, 1.807) is 24.3 Å². The number of carbonyl (C=O) groups excluding carboxylic acids is 1. The molecule has 1 spiro atoms. The van der Waals surface area contributed by atoms with Crippen LogP contribution in [0, 0.1) is 5.82 Å². The number of rotatable bonds is 3. The number of nitrogens with zero attached hydrogens (tertiary/aromatic N) is 1. The molecule has 2 aliphatic heterocycles. The smallest absolute Gasteiger partial charge is 0.255 e. The zero-order chi connectivity index (χ0) is 22.4. The lowest BCUT2D eigenvalue weighted by molar-refractivity contribution is 0.102. The number of amidine groups is 1. The molecule has 1 amide bonds. The van der Waals surface area contributed by atoms with Gasteiger partial charge in [-0.05, 0) is 55.8 Å². The van der Waals surface area contributed by atoms with Gasteiger partial charge >= 0.3 is 0 Å². The molecule has 0 saturated carbocycles. The lowest BCUT2D eigenvalue weighted by atomic mass is 9.92. The molecule has 0 aromatic heterocycles. The summed E-state index contributed by atoms with van der Waals surface area (Å²) in [6.07, 6.45) is 0.223. The van der Waals surface area contributed by atoms with Crippen LogP contribution in [0.4, 0.5) is 10.1 Å². The molecule has 10 heteroatoms. The maximum atomic E-state index is 14.8. The summed E-state index contributed by atoms with van der Waals surface area (Å²) in [6.45, 7) is 1.73. The molecule has 0 unspecified atom stereocenters. The Morgan fingerprint density at radius 1 is 1.26 bits per heavy atom. The number of carbonyl (C=O) groups is 1. The van der Waals surface area contributed by atoms with Crippen LogP contribution in [0.2, 0.25) is 5.02 Å². The van der Waals surface area contributed by atoms with E-state index in [1.807, 2.05) is 0 Å². The molecule has 31 heavy (non-hydrogen) atoms. The fourth-order valence-electron chi connectivity index (χ4n) is 4.02. The van der Waals surface area contributed by atoms with Gasteiger partial charge in [0, 0.05) is 28.4 Å². The van der Waals surface area contributed by atoms with E-state index in [1.165, 1.54) is 25.1 Å². The first-order valence-corrected chi connectivity index (χ1v) is 11.6. The standard InChI is InChI=1S/C21H21ClFN3O4S/c1-20(12-31(28,29)21(19(24)26-20)8-9-30-11-21)16-10-15(6-7-17(16)23)25-18(27)13-2-4-14(22)5-3-13/h2-7,10H,8-9,11-12H2,1H3,(H2,24,26)(H,25,27)/t20-,21-/m0/s1. The number of anilines is 1. The van der Waals surface area contributed by atoms with Crippen molar-refractivity contribution in [1.82, 2.24) is 0 Å². The fraction of sp³-hybridized carbons (Fsp3) is 0.333. The SMILES string of the molecule is C[C@@]1(c2cc(NC(=O)c3ccc(Cl)cc3)ccc2F)CS(=O)(=O)[C@]2(CCOC2)C(N)=N1. The van der Waals surface area contributed by atoms with E-state index in [9.17, 15) is 17.6 Å². The molecule has 164 valence electrons. The summed E-state index contributed by atoms with van der Waals surface area (Å²) in [4.78, 5) is 16.9. The van der Waals surface area contributed by atoms with E-state index in [-0.39, 0.29) is 31.0 Å². The van der Waals surface area contributed by atoms with Crippen LogP contribution < -0.4 is 11.1 Å². The number of nitrogens with two attached hydrogens (primary N) is 1. The normalized spacial score (nSPS) is 27.1. The van der Waals surface area contributed by atoms with Crippen LogP contribution >= 0.6 is 11.6 Å². The average molecular weight is 466 g/mol. The highest BCUT2D eigenvalue weighted by atomic mass is 35.5. The highest BCUT2D eigenvalue weighted by molar-refractivity contribution is 7.93. The van der Waals surface area contributed by atoms with Gasteiger partial charge in [-0.1, -0.05) is 11.6 Å². The highest BCUT2D eigenvalue weighted by Gasteiger charge is 2.57. The maximum absolute atomic E-state index is 14.8. The summed E-state index contributed by atoms with van der Waals surface area (Å²) in [6, 6.07) is 10.2. The van der Waals surface area contributed by atoms with E-state index < -0.39 is 37.6 Å². The number of amides is 1. The van der Waals surface area contributed by atoms with E-state index in [2.05, 4.69) is 10.3 Å². The minimum Gasteiger partial charge on any atom is -0.386 e. The Bertz CT molecular complexity index is 1180. The van der Waals surface area contributed by atoms with Crippen LogP contribution in [-0.4, -0.2) is 43.9 Å². The van der Waals surface area contributed by atoms with Crippen molar-refractivity contribution in [1.29, 1.82) is 0 Å². The molecule has 0 aliphatic carbocycles. The minimum atomic E-state index is -3.77. The van der Waals surface area contributed by atoms with Gasteiger partial charge in [0.2, 0.25) is 0 Å². The van der Waals surface area contributed by atoms with Gasteiger partial charge in [-0.3, -0.25) is 9.79 Å². The van der Waals surface area contributed by atoms with E-state index >= 15 is 0 Å². The summed E-state index contributed by atoms with van der Waals surface area (Å²) in [5, 5.41) is 3.18. The molecule has 0 radical (unpaired) electrons. The monoisotopic (exact) mass is 465 g/mol. The molecule has 2 aliphatic rings. The van der Waals surface area contributed by atoms with Crippen molar-refractivity contribution < 1.29 is 22.3 Å². The van der Waals surface area contributed by atoms with Crippen LogP contribution in [0.1, 0.15) is 29.3 Å². The Morgan fingerprint density at radius 2 is 1.97 bits per heavy atom. The highest BCUT2D eigenvalue weighted by Crippen LogP contribution is 2.41. The molecule has 4 rings (SSSR count). The Kier molecular flexibility index (Phi) is 5.31. The van der Waals surface area contributed by atoms with Crippen molar-refractivity contribution in [3.8, 4) is 0 Å². The van der Waals surface area contributed by atoms with Gasteiger partial charge in [0.05, 0.1) is 12.4 Å². The van der Waals surface area contributed by atoms with Gasteiger partial charge in [0.15, 0.2) is 14.6 Å². The molecular formula is C21H21ClFN3O4S. The summed E-state index contributed by atoms with van der Waals surface area (Å²) in [7, 11) is -3.77. The van der Waals surface area contributed by atoms with Crippen molar-refractivity contribution in [3.05, 3.63) is 64.4 Å². The molecule has 0 bridgehead atoms. The average Bonchev–Trinajstić information content (AvgIpc) is 3.20. The van der Waals surface area contributed by atoms with Gasteiger partial charge in [-0.25, -0.2) is 12.8 Å². The number of ether oxygens (including phenoxy) is 1. The molecule has 2 aromatic carbocycles. The fourth-order valence-corrected chi connectivity index (χ4v) is 6.40. The van der Waals surface area contributed by atoms with E-state index in [4.69, 9.17) is 22.1 Å². The lowest BCUT2D eigenvalue weighted by Gasteiger charge is -2.39. The van der Waals surface area contributed by atoms with Gasteiger partial charge in [-0.2, -0.15) is 0 Å². The molecule has 2 aromatic rings. The molecule has 7 nitrogen and oxygen atoms in total. The van der Waals surface area contributed by atoms with Crippen LogP contribution in [0.25, 0.3) is 0 Å². The largest absolute Gasteiger partial charge is 0.386 e. The predicted octanol–water partition coefficient (Wildman–Crippen LogP) is 2.89. The molecule has 2 atom stereocenters. The third-order valence-corrected chi connectivity index (χ3v) is 8.71. The number of hydrogen-bond acceptors (Lipinski definition) is 6. The van der Waals surface area contributed by atoms with Gasteiger partial charge < -0.3 is 15.8 Å². The van der Waals surface area contributed by atoms with Crippen molar-refractivity contribution in [3.63, 3.8) is 0 Å². The Morgan fingerprint density at radius 3 is 2.58 bits per heavy atom. The van der Waals surface area contributed by atoms with Crippen LogP contribution in [0.3, 0.4) is 0 Å². The summed E-state index contributed by atoms with van der Waals surface area (Å²) in [5.41, 5.74) is 5.36. The number of sulfone groups is 1. The van der Waals surface area contributed by atoms with Gasteiger partial charge in [0.25, 0.3) is 5.91 Å². The second kappa shape index (κ2) is 7.58. The quantitative estimate of drug-likeness (QED) is 0.724. The first-order valence-electron chi connectivity index (χ1n) is 9.59. The molecule has 3 N–H and O–H groups in total. The number of benzene rings is 2. The van der Waals surface area contributed by atoms with Crippen molar-refractivity contribution in [2.75, 3.05) is 24.3 Å². The van der Waals surface area contributed by atoms with Crippen molar-refractivity contribution in [2.24, 2.45) is 10.7 Å². The number of halogens is 2. The zero-order valence-electron chi connectivity index (χ0n) is 16.7. The summed E-state index contributed by atoms with van der Waals surface area (Å²) < 4.78 is 45.0. The van der Waals surface area contributed by atoms with Crippen LogP contribution in [0.15, 0.2) is 47.5 Å². The van der Waals surface area contributed by atoms with Crippen LogP contribution in [-0.2, 0) is 20.1 Å². The Hall–Kier alpha value is -2.49. The molecule has 2 heterocycles. The zero-order valence-corrected chi connectivity index (χ0v) is 18.3. The first-order chi connectivity index (χ1) is 14.6. The van der Waals surface area contributed by atoms with E-state index in [0.717, 1.165) is 0 Å². The summed E-state index contributed by atoms with van der Waals surface area (Å²) in [5.74, 6) is -1.55. The second-order valence-electron chi connectivity index (χ2n) is 7.98. The van der Waals surface area contributed by atoms with Crippen LogP contribution in [0.5, 0.6) is 0 Å². The topological polar surface area (TPSA) is 111 Å². The lowest BCUT2D eigenvalue weighted by Crippen LogP contribution is -2.58. The van der Waals surface area contributed by atoms with Gasteiger partial charge in [-0.15, -0.1) is 0 Å². The number of aliphatic imine (C=N–C) groups is 1. The molecular weight excluding hydrogens is 445 g/mol. The Labute approximate surface area is 184 Å². The van der Waals surface area contributed by atoms with Crippen molar-refractivity contribution >= 4 is 38.9 Å². The first kappa shape index (κ1) is 21.7. The van der Waals surface area contributed by atoms with Crippen molar-refractivity contribution in [2.45, 2.75) is 23.6 Å². The van der Waals surface area contributed by atoms with E-state index in [0.29, 0.717) is 16.3 Å². The second-order valence-corrected chi connectivity index (χ2v) is 10.7. The predicted molar refractivity (Wildman–Crippen MR) is 117 cm³/mol. The van der Waals surface area contributed by atoms with Gasteiger partial charge in [0.1, 0.15) is 17.2 Å². The minimum absolute atomic E-state index is 0.0293. The third-order valence-electron chi connectivity index (χ3n) is 5.80. The summed E-state index contributed by atoms with van der Waals surface area (Å²) >= 11 is 5.84. The molecule has 1 saturated heterocycles. The maximum Gasteiger partial charge on any atom is 0.255 e. The number of nitrogens with one attached hydrogen (secondary N) is 1. The third kappa shape index (κ3) is 3.71. The Balaban J connectivity index is 1.69. The molecule has 1 fully saturated rings. The number of hydrogen-bond donors (Lipinski definition) is 2.